The smallest absolute Gasteiger partial charge is 0.163 e. The van der Waals surface area contributed by atoms with Crippen LogP contribution in [0.2, 0.25) is 0 Å². The van der Waals surface area contributed by atoms with Crippen molar-refractivity contribution in [1.29, 1.82) is 0 Å². The SMILES string of the molecule is C[C@@H](C[CH]c1ccc2c(n1)NCCC2)Nc1nc(-c2cccnc2)nc2ccccc12. The maximum absolute atomic E-state index is 4.82. The van der Waals surface area contributed by atoms with Gasteiger partial charge in [0.1, 0.15) is 11.6 Å². The van der Waals surface area contributed by atoms with Gasteiger partial charge in [0.05, 0.1) is 5.52 Å². The van der Waals surface area contributed by atoms with Crippen LogP contribution in [0.3, 0.4) is 0 Å². The quantitative estimate of drug-likeness (QED) is 0.472. The Kier molecular flexibility index (Phi) is 5.44. The van der Waals surface area contributed by atoms with E-state index in [1.807, 2.05) is 30.3 Å². The molecule has 1 atom stereocenters. The van der Waals surface area contributed by atoms with E-state index in [0.717, 1.165) is 53.2 Å². The highest BCUT2D eigenvalue weighted by Gasteiger charge is 2.14. The summed E-state index contributed by atoms with van der Waals surface area (Å²) in [6.45, 7) is 3.16. The lowest BCUT2D eigenvalue weighted by atomic mass is 10.0. The molecule has 0 spiro atoms. The summed E-state index contributed by atoms with van der Waals surface area (Å²) in [7, 11) is 0. The molecule has 5 rings (SSSR count). The van der Waals surface area contributed by atoms with Gasteiger partial charge in [0.2, 0.25) is 0 Å². The molecule has 6 heteroatoms. The maximum atomic E-state index is 4.82. The Hall–Kier alpha value is -3.54. The molecular formula is C25H25N6. The van der Waals surface area contributed by atoms with Gasteiger partial charge in [0, 0.05) is 48.0 Å². The van der Waals surface area contributed by atoms with Gasteiger partial charge in [-0.2, -0.15) is 0 Å². The zero-order valence-corrected chi connectivity index (χ0v) is 17.5. The summed E-state index contributed by atoms with van der Waals surface area (Å²) in [6, 6.07) is 16.5. The van der Waals surface area contributed by atoms with Crippen molar-refractivity contribution in [3.63, 3.8) is 0 Å². The lowest BCUT2D eigenvalue weighted by Crippen LogP contribution is -2.18. The van der Waals surface area contributed by atoms with Crippen LogP contribution >= 0.6 is 0 Å². The predicted molar refractivity (Wildman–Crippen MR) is 125 cm³/mol. The van der Waals surface area contributed by atoms with E-state index in [1.165, 1.54) is 12.0 Å². The van der Waals surface area contributed by atoms with Crippen molar-refractivity contribution in [2.45, 2.75) is 32.2 Å². The van der Waals surface area contributed by atoms with Crippen LogP contribution in [0, 0.1) is 6.42 Å². The lowest BCUT2D eigenvalue weighted by molar-refractivity contribution is 0.772. The topological polar surface area (TPSA) is 75.6 Å². The number of hydrogen-bond acceptors (Lipinski definition) is 6. The standard InChI is InChI=1S/C25H25N6/c1-17(10-12-20-13-11-18-6-5-15-27-23(18)29-20)28-25-21-8-2-3-9-22(21)30-24(31-25)19-7-4-14-26-16-19/h2-4,7-9,11-14,16-17H,5-6,10,15H2,1H3,(H,27,29)(H,28,30,31)/t17-/m0/s1. The molecule has 1 aromatic carbocycles. The van der Waals surface area contributed by atoms with E-state index in [9.17, 15) is 0 Å². The second-order valence-electron chi connectivity index (χ2n) is 7.91. The van der Waals surface area contributed by atoms with E-state index in [0.29, 0.717) is 5.82 Å². The molecule has 4 aromatic rings. The third kappa shape index (κ3) is 4.33. The van der Waals surface area contributed by atoms with E-state index >= 15 is 0 Å². The molecule has 155 valence electrons. The molecule has 1 aliphatic rings. The van der Waals surface area contributed by atoms with Crippen LogP contribution in [-0.2, 0) is 6.42 Å². The molecule has 0 aliphatic carbocycles. The number of nitrogens with one attached hydrogen (secondary N) is 2. The fraction of sp³-hybridized carbons (Fsp3) is 0.240. The molecular weight excluding hydrogens is 384 g/mol. The molecule has 0 amide bonds. The molecule has 31 heavy (non-hydrogen) atoms. The van der Waals surface area contributed by atoms with Crippen molar-refractivity contribution < 1.29 is 0 Å². The summed E-state index contributed by atoms with van der Waals surface area (Å²) >= 11 is 0. The molecule has 0 saturated carbocycles. The number of rotatable bonds is 6. The Balaban J connectivity index is 1.34. The first kappa shape index (κ1) is 19.4. The van der Waals surface area contributed by atoms with Crippen molar-refractivity contribution in [1.82, 2.24) is 19.9 Å². The van der Waals surface area contributed by atoms with Gasteiger partial charge in [-0.15, -0.1) is 0 Å². The molecule has 3 aromatic heterocycles. The van der Waals surface area contributed by atoms with Crippen LogP contribution in [0.4, 0.5) is 11.6 Å². The molecule has 4 heterocycles. The van der Waals surface area contributed by atoms with Gasteiger partial charge in [-0.05, 0) is 62.1 Å². The summed E-state index contributed by atoms with van der Waals surface area (Å²) < 4.78 is 0. The summed E-state index contributed by atoms with van der Waals surface area (Å²) in [5.41, 5.74) is 4.13. The van der Waals surface area contributed by atoms with Gasteiger partial charge in [-0.1, -0.05) is 18.2 Å². The number of benzene rings is 1. The fourth-order valence-electron chi connectivity index (χ4n) is 3.86. The van der Waals surface area contributed by atoms with Gasteiger partial charge in [-0.25, -0.2) is 15.0 Å². The first-order valence-electron chi connectivity index (χ1n) is 10.8. The average Bonchev–Trinajstić information content (AvgIpc) is 2.83. The number of hydrogen-bond donors (Lipinski definition) is 2. The van der Waals surface area contributed by atoms with Gasteiger partial charge in [0.25, 0.3) is 0 Å². The van der Waals surface area contributed by atoms with Crippen LogP contribution in [0.1, 0.15) is 31.0 Å². The summed E-state index contributed by atoms with van der Waals surface area (Å²) in [6.07, 6.45) is 8.85. The molecule has 1 aliphatic heterocycles. The zero-order chi connectivity index (χ0) is 21.0. The Morgan fingerprint density at radius 3 is 2.90 bits per heavy atom. The summed E-state index contributed by atoms with van der Waals surface area (Å²) in [5.74, 6) is 2.54. The van der Waals surface area contributed by atoms with Crippen molar-refractivity contribution in [3.8, 4) is 11.4 Å². The average molecular weight is 410 g/mol. The van der Waals surface area contributed by atoms with E-state index in [2.05, 4.69) is 47.2 Å². The number of pyridine rings is 2. The highest BCUT2D eigenvalue weighted by atomic mass is 15.1. The minimum Gasteiger partial charge on any atom is -0.370 e. The second kappa shape index (κ2) is 8.68. The van der Waals surface area contributed by atoms with Crippen LogP contribution in [0.5, 0.6) is 0 Å². The van der Waals surface area contributed by atoms with Crippen LogP contribution in [0.25, 0.3) is 22.3 Å². The largest absolute Gasteiger partial charge is 0.370 e. The zero-order valence-electron chi connectivity index (χ0n) is 17.5. The third-order valence-corrected chi connectivity index (χ3v) is 5.50. The number of para-hydroxylation sites is 1. The number of anilines is 2. The normalized spacial score (nSPS) is 14.0. The van der Waals surface area contributed by atoms with Gasteiger partial charge in [-0.3, -0.25) is 4.98 Å². The minimum atomic E-state index is 0.186. The van der Waals surface area contributed by atoms with Crippen LogP contribution in [0.15, 0.2) is 60.9 Å². The number of fused-ring (bicyclic) bond motifs is 2. The molecule has 0 saturated heterocycles. The third-order valence-electron chi connectivity index (χ3n) is 5.50. The van der Waals surface area contributed by atoms with E-state index in [1.54, 1.807) is 12.4 Å². The first-order valence-corrected chi connectivity index (χ1v) is 10.8. The maximum Gasteiger partial charge on any atom is 0.163 e. The van der Waals surface area contributed by atoms with Crippen molar-refractivity contribution in [2.75, 3.05) is 17.2 Å². The molecule has 6 nitrogen and oxygen atoms in total. The fourth-order valence-corrected chi connectivity index (χ4v) is 3.86. The molecule has 0 fully saturated rings. The molecule has 2 N–H and O–H groups in total. The monoisotopic (exact) mass is 409 g/mol. The van der Waals surface area contributed by atoms with E-state index < -0.39 is 0 Å². The highest BCUT2D eigenvalue weighted by molar-refractivity contribution is 5.90. The molecule has 0 unspecified atom stereocenters. The van der Waals surface area contributed by atoms with Crippen molar-refractivity contribution in [3.05, 3.63) is 78.6 Å². The Morgan fingerprint density at radius 1 is 1.06 bits per heavy atom. The first-order chi connectivity index (χ1) is 15.3. The minimum absolute atomic E-state index is 0.186. The predicted octanol–water partition coefficient (Wildman–Crippen LogP) is 4.89. The summed E-state index contributed by atoms with van der Waals surface area (Å²) in [5, 5.41) is 8.00. The van der Waals surface area contributed by atoms with E-state index in [4.69, 9.17) is 15.0 Å². The molecule has 0 bridgehead atoms. The van der Waals surface area contributed by atoms with Gasteiger partial charge >= 0.3 is 0 Å². The van der Waals surface area contributed by atoms with Crippen molar-refractivity contribution in [2.24, 2.45) is 0 Å². The lowest BCUT2D eigenvalue weighted by Gasteiger charge is -2.19. The number of aryl methyl sites for hydroxylation is 1. The highest BCUT2D eigenvalue weighted by Crippen LogP contribution is 2.26. The second-order valence-corrected chi connectivity index (χ2v) is 7.91. The Morgan fingerprint density at radius 2 is 2.00 bits per heavy atom. The number of nitrogens with zero attached hydrogens (tertiary/aromatic N) is 4. The summed E-state index contributed by atoms with van der Waals surface area (Å²) in [4.78, 5) is 18.5. The molecule has 1 radical (unpaired) electrons. The van der Waals surface area contributed by atoms with Crippen LogP contribution < -0.4 is 10.6 Å². The van der Waals surface area contributed by atoms with E-state index in [-0.39, 0.29) is 6.04 Å². The Bertz CT molecular complexity index is 1190. The van der Waals surface area contributed by atoms with Gasteiger partial charge < -0.3 is 10.6 Å². The van der Waals surface area contributed by atoms with Crippen LogP contribution in [-0.4, -0.2) is 32.5 Å². The number of aromatic nitrogens is 4. The van der Waals surface area contributed by atoms with Gasteiger partial charge in [0.15, 0.2) is 5.82 Å². The van der Waals surface area contributed by atoms with Crippen molar-refractivity contribution >= 4 is 22.5 Å². The Labute approximate surface area is 182 Å².